The second-order valence-corrected chi connectivity index (χ2v) is 13.2. The average molecular weight is 640 g/mol. The summed E-state index contributed by atoms with van der Waals surface area (Å²) >= 11 is 0. The van der Waals surface area contributed by atoms with E-state index in [4.69, 9.17) is 28.5 Å². The van der Waals surface area contributed by atoms with Crippen LogP contribution in [0.3, 0.4) is 0 Å². The van der Waals surface area contributed by atoms with Crippen LogP contribution >= 0.6 is 0 Å². The Bertz CT molecular complexity index is 1600. The Kier molecular flexibility index (Phi) is 10.4. The number of piperidine rings is 1. The number of hydroxylamine groups is 2. The lowest BCUT2D eigenvalue weighted by atomic mass is 9.87. The maximum atomic E-state index is 12.4. The third kappa shape index (κ3) is 8.70. The molecule has 8 nitrogen and oxygen atoms in total. The largest absolute Gasteiger partial charge is 0.528 e. The Balaban J connectivity index is 1.08. The first-order valence-electron chi connectivity index (χ1n) is 16.6. The van der Waals surface area contributed by atoms with Gasteiger partial charge in [-0.3, -0.25) is 0 Å². The van der Waals surface area contributed by atoms with Gasteiger partial charge < -0.3 is 28.5 Å². The number of carbonyl (C=O) groups excluding carboxylic acids is 1. The van der Waals surface area contributed by atoms with Crippen molar-refractivity contribution in [2.75, 3.05) is 32.9 Å². The Morgan fingerprint density at radius 1 is 0.894 bits per heavy atom. The van der Waals surface area contributed by atoms with Crippen molar-refractivity contribution in [1.82, 2.24) is 5.06 Å². The molecule has 248 valence electrons. The summed E-state index contributed by atoms with van der Waals surface area (Å²) in [6.07, 6.45) is 1.36. The summed E-state index contributed by atoms with van der Waals surface area (Å²) in [6.45, 7) is 8.67. The molecule has 0 saturated carbocycles. The molecule has 6 rings (SSSR count). The van der Waals surface area contributed by atoms with E-state index in [-0.39, 0.29) is 12.0 Å². The van der Waals surface area contributed by atoms with E-state index in [1.54, 1.807) is 5.06 Å². The highest BCUT2D eigenvalue weighted by molar-refractivity contribution is 5.82. The molecule has 0 spiro atoms. The fourth-order valence-electron chi connectivity index (χ4n) is 6.34. The number of fused-ring (bicyclic) bond motifs is 1. The molecule has 0 aromatic heterocycles. The number of nitrogens with zero attached hydrogens (tertiary/aromatic N) is 1. The Hall–Kier alpha value is -3.95. The minimum atomic E-state index is -0.702. The van der Waals surface area contributed by atoms with Gasteiger partial charge >= 0.3 is 6.16 Å². The van der Waals surface area contributed by atoms with Gasteiger partial charge in [-0.2, -0.15) is 0 Å². The molecule has 47 heavy (non-hydrogen) atoms. The predicted molar refractivity (Wildman–Crippen MR) is 180 cm³/mol. The minimum Gasteiger partial charge on any atom is -0.494 e. The lowest BCUT2D eigenvalue weighted by molar-refractivity contribution is -0.179. The molecule has 2 saturated heterocycles. The molecule has 2 aliphatic heterocycles. The SMILES string of the molecule is CC(C)(C)OC(=O)ON1CCC(c2ccc(OCCCC3(c4ccccc4)OCCO3)cc2)C(OCc2ccc3ccccc3c2)C1. The van der Waals surface area contributed by atoms with Gasteiger partial charge in [0.15, 0.2) is 5.79 Å². The van der Waals surface area contributed by atoms with Crippen LogP contribution in [0.1, 0.15) is 62.6 Å². The maximum Gasteiger partial charge on any atom is 0.528 e. The van der Waals surface area contributed by atoms with Gasteiger partial charge in [0.2, 0.25) is 0 Å². The fraction of sp³-hybridized carbons (Fsp3) is 0.410. The van der Waals surface area contributed by atoms with E-state index in [0.717, 1.165) is 41.7 Å². The summed E-state index contributed by atoms with van der Waals surface area (Å²) in [4.78, 5) is 18.0. The van der Waals surface area contributed by atoms with Crippen LogP contribution in [0, 0.1) is 0 Å². The van der Waals surface area contributed by atoms with Crippen LogP contribution in [-0.2, 0) is 36.2 Å². The quantitative estimate of drug-likeness (QED) is 0.120. The molecule has 0 bridgehead atoms. The number of carbonyl (C=O) groups is 1. The zero-order valence-electron chi connectivity index (χ0n) is 27.6. The smallest absolute Gasteiger partial charge is 0.494 e. The van der Waals surface area contributed by atoms with Gasteiger partial charge in [-0.05, 0) is 73.7 Å². The summed E-state index contributed by atoms with van der Waals surface area (Å²) in [7, 11) is 0. The monoisotopic (exact) mass is 639 g/mol. The van der Waals surface area contributed by atoms with E-state index in [1.807, 2.05) is 63.2 Å². The van der Waals surface area contributed by atoms with Crippen LogP contribution < -0.4 is 4.74 Å². The lowest BCUT2D eigenvalue weighted by Gasteiger charge is -2.37. The average Bonchev–Trinajstić information content (AvgIpc) is 3.56. The van der Waals surface area contributed by atoms with E-state index in [9.17, 15) is 4.79 Å². The zero-order valence-corrected chi connectivity index (χ0v) is 27.6. The normalized spacial score (nSPS) is 19.8. The van der Waals surface area contributed by atoms with E-state index in [0.29, 0.717) is 39.5 Å². The molecular formula is C39H45NO7. The minimum absolute atomic E-state index is 0.116. The number of hydrogen-bond donors (Lipinski definition) is 0. The molecule has 0 N–H and O–H groups in total. The van der Waals surface area contributed by atoms with Crippen LogP contribution in [-0.4, -0.2) is 55.8 Å². The number of hydrogen-bond acceptors (Lipinski definition) is 8. The number of ether oxygens (including phenoxy) is 5. The van der Waals surface area contributed by atoms with Gasteiger partial charge in [0.05, 0.1) is 39.1 Å². The Labute approximate surface area is 277 Å². The molecule has 2 atom stereocenters. The number of rotatable bonds is 11. The second kappa shape index (κ2) is 14.9. The predicted octanol–water partition coefficient (Wildman–Crippen LogP) is 8.14. The first-order chi connectivity index (χ1) is 22.8. The highest BCUT2D eigenvalue weighted by Gasteiger charge is 2.38. The summed E-state index contributed by atoms with van der Waals surface area (Å²) in [5, 5.41) is 4.03. The van der Waals surface area contributed by atoms with Gasteiger partial charge in [-0.25, -0.2) is 4.79 Å². The third-order valence-electron chi connectivity index (χ3n) is 8.59. The summed E-state index contributed by atoms with van der Waals surface area (Å²) in [5.74, 6) is 0.235. The van der Waals surface area contributed by atoms with Gasteiger partial charge in [0, 0.05) is 24.4 Å². The molecule has 2 heterocycles. The Morgan fingerprint density at radius 2 is 1.62 bits per heavy atom. The van der Waals surface area contributed by atoms with Gasteiger partial charge in [0.1, 0.15) is 11.4 Å². The van der Waals surface area contributed by atoms with Crippen molar-refractivity contribution in [1.29, 1.82) is 0 Å². The maximum absolute atomic E-state index is 12.4. The van der Waals surface area contributed by atoms with E-state index < -0.39 is 17.5 Å². The summed E-state index contributed by atoms with van der Waals surface area (Å²) in [6, 6.07) is 33.1. The second-order valence-electron chi connectivity index (χ2n) is 13.2. The van der Waals surface area contributed by atoms with Crippen LogP contribution in [0.4, 0.5) is 4.79 Å². The van der Waals surface area contributed by atoms with Gasteiger partial charge in [0.25, 0.3) is 0 Å². The molecule has 8 heteroatoms. The molecular weight excluding hydrogens is 594 g/mol. The third-order valence-corrected chi connectivity index (χ3v) is 8.59. The fourth-order valence-corrected chi connectivity index (χ4v) is 6.34. The van der Waals surface area contributed by atoms with Crippen LogP contribution in [0.2, 0.25) is 0 Å². The van der Waals surface area contributed by atoms with Crippen molar-refractivity contribution >= 4 is 16.9 Å². The molecule has 2 aliphatic rings. The highest BCUT2D eigenvalue weighted by Crippen LogP contribution is 2.36. The topological polar surface area (TPSA) is 75.7 Å². The Morgan fingerprint density at radius 3 is 2.36 bits per heavy atom. The van der Waals surface area contributed by atoms with Crippen molar-refractivity contribution in [2.45, 2.75) is 70.1 Å². The highest BCUT2D eigenvalue weighted by atomic mass is 16.8. The zero-order chi connectivity index (χ0) is 32.7. The molecule has 4 aromatic rings. The van der Waals surface area contributed by atoms with Crippen LogP contribution in [0.5, 0.6) is 5.75 Å². The molecule has 2 unspecified atom stereocenters. The van der Waals surface area contributed by atoms with Crippen molar-refractivity contribution in [3.8, 4) is 5.75 Å². The van der Waals surface area contributed by atoms with Crippen LogP contribution in [0.15, 0.2) is 97.1 Å². The molecule has 4 aromatic carbocycles. The first-order valence-corrected chi connectivity index (χ1v) is 16.6. The molecule has 0 radical (unpaired) electrons. The summed E-state index contributed by atoms with van der Waals surface area (Å²) < 4.78 is 30.2. The van der Waals surface area contributed by atoms with Crippen molar-refractivity contribution in [2.24, 2.45) is 0 Å². The standard InChI is InChI=1S/C39H45NO7/c1-38(2,3)46-37(41)47-40-22-20-35(36(27-40)43-28-29-14-15-30-10-7-8-11-32(30)26-29)31-16-18-34(19-17-31)42-23-9-21-39(44-24-25-45-39)33-12-5-4-6-13-33/h4-8,10-19,26,35-36H,9,20-25,27-28H2,1-3H3. The molecule has 0 aliphatic carbocycles. The van der Waals surface area contributed by atoms with E-state index >= 15 is 0 Å². The van der Waals surface area contributed by atoms with E-state index in [1.165, 1.54) is 10.8 Å². The first kappa shape index (κ1) is 33.0. The summed E-state index contributed by atoms with van der Waals surface area (Å²) in [5.41, 5.74) is 2.67. The van der Waals surface area contributed by atoms with Crippen molar-refractivity contribution in [3.05, 3.63) is 114 Å². The van der Waals surface area contributed by atoms with Gasteiger partial charge in [-0.1, -0.05) is 78.9 Å². The van der Waals surface area contributed by atoms with Crippen LogP contribution in [0.25, 0.3) is 10.8 Å². The molecule has 0 amide bonds. The van der Waals surface area contributed by atoms with Gasteiger partial charge in [-0.15, -0.1) is 5.06 Å². The molecule has 2 fully saturated rings. The van der Waals surface area contributed by atoms with Crippen molar-refractivity contribution in [3.63, 3.8) is 0 Å². The van der Waals surface area contributed by atoms with E-state index in [2.05, 4.69) is 54.6 Å². The number of benzene rings is 4. The lowest BCUT2D eigenvalue weighted by Crippen LogP contribution is -2.45. The van der Waals surface area contributed by atoms with Crippen molar-refractivity contribution < 1.29 is 33.3 Å².